The molecule has 0 aromatic carbocycles. The number of hydrogen-bond donors (Lipinski definition) is 0. The highest BCUT2D eigenvalue weighted by atomic mass is 16.1. The summed E-state index contributed by atoms with van der Waals surface area (Å²) in [5.41, 5.74) is 0. The number of carbonyl (C=O) groups excluding carboxylic acids is 1. The van der Waals surface area contributed by atoms with Gasteiger partial charge in [-0.3, -0.25) is 4.79 Å². The lowest BCUT2D eigenvalue weighted by atomic mass is 9.90. The first kappa shape index (κ1) is 5.45. The van der Waals surface area contributed by atoms with Crippen LogP contribution in [0.2, 0.25) is 0 Å². The van der Waals surface area contributed by atoms with Crippen LogP contribution in [0.15, 0.2) is 0 Å². The smallest absolute Gasteiger partial charge is 0.139 e. The number of ketones is 1. The largest absolute Gasteiger partial charge is 0.299 e. The molecule has 2 aliphatic rings. The fourth-order valence-electron chi connectivity index (χ4n) is 1.89. The van der Waals surface area contributed by atoms with Crippen LogP contribution in [-0.2, 0) is 4.79 Å². The molecule has 0 bridgehead atoms. The summed E-state index contributed by atoms with van der Waals surface area (Å²) in [5.74, 6) is 2.25. The zero-order valence-corrected chi connectivity index (χ0v) is 5.76. The lowest BCUT2D eigenvalue weighted by Gasteiger charge is -2.14. The van der Waals surface area contributed by atoms with E-state index in [9.17, 15) is 4.79 Å². The fraction of sp³-hybridized carbons (Fsp3) is 0.875. The maximum atomic E-state index is 11.2. The van der Waals surface area contributed by atoms with Crippen LogP contribution < -0.4 is 0 Å². The van der Waals surface area contributed by atoms with Crippen molar-refractivity contribution in [1.29, 1.82) is 0 Å². The van der Waals surface area contributed by atoms with Crippen molar-refractivity contribution in [3.05, 3.63) is 0 Å². The Kier molecular flexibility index (Phi) is 0.961. The first-order chi connectivity index (χ1) is 4.29. The lowest BCUT2D eigenvalue weighted by Crippen LogP contribution is -2.18. The molecular weight excluding hydrogens is 112 g/mol. The SMILES string of the molecule is C[C@@H]1CC[C@H]2C[C@@H]2C1=O. The van der Waals surface area contributed by atoms with Gasteiger partial charge in [-0.1, -0.05) is 6.92 Å². The van der Waals surface area contributed by atoms with Crippen LogP contribution in [0.25, 0.3) is 0 Å². The second-order valence-electron chi connectivity index (χ2n) is 3.48. The molecule has 9 heavy (non-hydrogen) atoms. The molecule has 0 radical (unpaired) electrons. The topological polar surface area (TPSA) is 17.1 Å². The summed E-state index contributed by atoms with van der Waals surface area (Å²) in [6, 6.07) is 0. The molecule has 0 aliphatic heterocycles. The highest BCUT2D eigenvalue weighted by Gasteiger charge is 2.47. The van der Waals surface area contributed by atoms with Gasteiger partial charge in [-0.2, -0.15) is 0 Å². The first-order valence-electron chi connectivity index (χ1n) is 3.83. The van der Waals surface area contributed by atoms with E-state index in [0.29, 0.717) is 17.6 Å². The Bertz CT molecular complexity index is 147. The van der Waals surface area contributed by atoms with E-state index in [4.69, 9.17) is 0 Å². The van der Waals surface area contributed by atoms with E-state index in [2.05, 4.69) is 6.92 Å². The molecule has 2 fully saturated rings. The molecule has 1 heteroatoms. The normalized spacial score (nSPS) is 48.6. The number of rotatable bonds is 0. The molecule has 0 amide bonds. The van der Waals surface area contributed by atoms with Gasteiger partial charge in [0.15, 0.2) is 0 Å². The average Bonchev–Trinajstić information content (AvgIpc) is 2.58. The fourth-order valence-corrected chi connectivity index (χ4v) is 1.89. The highest BCUT2D eigenvalue weighted by molar-refractivity contribution is 5.86. The van der Waals surface area contributed by atoms with E-state index in [1.54, 1.807) is 0 Å². The van der Waals surface area contributed by atoms with Crippen molar-refractivity contribution in [2.45, 2.75) is 26.2 Å². The standard InChI is InChI=1S/C8H12O/c1-5-2-3-6-4-7(6)8(5)9/h5-7H,2-4H2,1H3/t5-,6+,7+/m1/s1. The first-order valence-corrected chi connectivity index (χ1v) is 3.83. The third-order valence-electron chi connectivity index (χ3n) is 2.74. The van der Waals surface area contributed by atoms with Gasteiger partial charge in [0.25, 0.3) is 0 Å². The van der Waals surface area contributed by atoms with Gasteiger partial charge in [0.1, 0.15) is 5.78 Å². The molecule has 2 aliphatic carbocycles. The molecule has 0 aromatic rings. The molecule has 0 unspecified atom stereocenters. The summed E-state index contributed by atoms with van der Waals surface area (Å²) in [6.45, 7) is 2.07. The number of carbonyl (C=O) groups is 1. The number of Topliss-reactive ketones (excluding diaryl/α,β-unsaturated/α-hetero) is 1. The molecular formula is C8H12O. The van der Waals surface area contributed by atoms with Crippen molar-refractivity contribution in [1.82, 2.24) is 0 Å². The Morgan fingerprint density at radius 1 is 1.44 bits per heavy atom. The maximum absolute atomic E-state index is 11.2. The molecule has 3 atom stereocenters. The van der Waals surface area contributed by atoms with Crippen LogP contribution in [0.5, 0.6) is 0 Å². The molecule has 0 heterocycles. The summed E-state index contributed by atoms with van der Waals surface area (Å²) < 4.78 is 0. The van der Waals surface area contributed by atoms with Crippen molar-refractivity contribution in [3.8, 4) is 0 Å². The zero-order chi connectivity index (χ0) is 6.43. The molecule has 2 saturated carbocycles. The van der Waals surface area contributed by atoms with Gasteiger partial charge >= 0.3 is 0 Å². The summed E-state index contributed by atoms with van der Waals surface area (Å²) in [4.78, 5) is 11.2. The molecule has 2 rings (SSSR count). The maximum Gasteiger partial charge on any atom is 0.139 e. The molecule has 0 spiro atoms. The molecule has 1 nitrogen and oxygen atoms in total. The van der Waals surface area contributed by atoms with Crippen LogP contribution in [0.1, 0.15) is 26.2 Å². The predicted octanol–water partition coefficient (Wildman–Crippen LogP) is 1.62. The van der Waals surface area contributed by atoms with Crippen LogP contribution in [-0.4, -0.2) is 5.78 Å². The van der Waals surface area contributed by atoms with E-state index in [1.165, 1.54) is 12.8 Å². The monoisotopic (exact) mass is 124 g/mol. The Morgan fingerprint density at radius 2 is 2.22 bits per heavy atom. The van der Waals surface area contributed by atoms with E-state index < -0.39 is 0 Å². The highest BCUT2D eigenvalue weighted by Crippen LogP contribution is 2.48. The van der Waals surface area contributed by atoms with Crippen LogP contribution in [0.3, 0.4) is 0 Å². The van der Waals surface area contributed by atoms with Crippen LogP contribution >= 0.6 is 0 Å². The van der Waals surface area contributed by atoms with Gasteiger partial charge in [0.05, 0.1) is 0 Å². The second-order valence-corrected chi connectivity index (χ2v) is 3.48. The Labute approximate surface area is 55.4 Å². The lowest BCUT2D eigenvalue weighted by molar-refractivity contribution is -0.125. The Hall–Kier alpha value is -0.330. The van der Waals surface area contributed by atoms with E-state index in [1.807, 2.05) is 0 Å². The Morgan fingerprint density at radius 3 is 2.89 bits per heavy atom. The quantitative estimate of drug-likeness (QED) is 0.479. The van der Waals surface area contributed by atoms with Crippen molar-refractivity contribution in [2.24, 2.45) is 17.8 Å². The second kappa shape index (κ2) is 1.59. The van der Waals surface area contributed by atoms with Crippen LogP contribution in [0, 0.1) is 17.8 Å². The van der Waals surface area contributed by atoms with Crippen LogP contribution in [0.4, 0.5) is 0 Å². The third kappa shape index (κ3) is 0.707. The van der Waals surface area contributed by atoms with E-state index >= 15 is 0 Å². The van der Waals surface area contributed by atoms with Crippen molar-refractivity contribution >= 4 is 5.78 Å². The average molecular weight is 124 g/mol. The minimum atomic E-state index is 0.383. The predicted molar refractivity (Wildman–Crippen MR) is 35.0 cm³/mol. The molecule has 50 valence electrons. The van der Waals surface area contributed by atoms with Crippen molar-refractivity contribution < 1.29 is 4.79 Å². The third-order valence-corrected chi connectivity index (χ3v) is 2.74. The van der Waals surface area contributed by atoms with Gasteiger partial charge in [-0.05, 0) is 25.2 Å². The van der Waals surface area contributed by atoms with Crippen molar-refractivity contribution in [3.63, 3.8) is 0 Å². The summed E-state index contributed by atoms with van der Waals surface area (Å²) >= 11 is 0. The number of fused-ring (bicyclic) bond motifs is 1. The molecule has 0 saturated heterocycles. The number of hydrogen-bond acceptors (Lipinski definition) is 1. The van der Waals surface area contributed by atoms with Gasteiger partial charge < -0.3 is 0 Å². The summed E-state index contributed by atoms with van der Waals surface area (Å²) in [6.07, 6.45) is 3.68. The van der Waals surface area contributed by atoms with Gasteiger partial charge in [-0.15, -0.1) is 0 Å². The minimum absolute atomic E-state index is 0.383. The molecule has 0 N–H and O–H groups in total. The summed E-state index contributed by atoms with van der Waals surface area (Å²) in [5, 5.41) is 0. The molecule has 0 aromatic heterocycles. The van der Waals surface area contributed by atoms with Gasteiger partial charge in [0, 0.05) is 11.8 Å². The summed E-state index contributed by atoms with van der Waals surface area (Å²) in [7, 11) is 0. The van der Waals surface area contributed by atoms with E-state index in [0.717, 1.165) is 12.3 Å². The zero-order valence-electron chi connectivity index (χ0n) is 5.76. The minimum Gasteiger partial charge on any atom is -0.299 e. The van der Waals surface area contributed by atoms with Crippen molar-refractivity contribution in [2.75, 3.05) is 0 Å². The van der Waals surface area contributed by atoms with E-state index in [-0.39, 0.29) is 0 Å². The van der Waals surface area contributed by atoms with Gasteiger partial charge in [-0.25, -0.2) is 0 Å². The Balaban J connectivity index is 2.10. The van der Waals surface area contributed by atoms with Gasteiger partial charge in [0.2, 0.25) is 0 Å².